The number of anilines is 1. The Bertz CT molecular complexity index is 480. The Balaban J connectivity index is 1.49. The zero-order chi connectivity index (χ0) is 15.2. The Morgan fingerprint density at radius 1 is 0.955 bits per heavy atom. The molecular weight excluding hydrogens is 282 g/mol. The van der Waals surface area contributed by atoms with E-state index < -0.39 is 0 Å². The van der Waals surface area contributed by atoms with Crippen LogP contribution in [0.2, 0.25) is 0 Å². The van der Waals surface area contributed by atoms with Gasteiger partial charge in [0.2, 0.25) is 0 Å². The van der Waals surface area contributed by atoms with Gasteiger partial charge in [0.1, 0.15) is 0 Å². The number of carbonyl (C=O) groups is 1. The van der Waals surface area contributed by atoms with Gasteiger partial charge in [-0.2, -0.15) is 0 Å². The van der Waals surface area contributed by atoms with Crippen molar-refractivity contribution in [1.29, 1.82) is 0 Å². The molecule has 2 saturated heterocycles. The van der Waals surface area contributed by atoms with Crippen molar-refractivity contribution in [3.8, 4) is 0 Å². The number of hydrogen-bond donors (Lipinski definition) is 1. The summed E-state index contributed by atoms with van der Waals surface area (Å²) in [6.45, 7) is 6.60. The zero-order valence-electron chi connectivity index (χ0n) is 12.8. The quantitative estimate of drug-likeness (QED) is 0.907. The fourth-order valence-electron chi connectivity index (χ4n) is 2.70. The average Bonchev–Trinajstić information content (AvgIpc) is 2.61. The number of amides is 2. The Hall–Kier alpha value is -1.79. The maximum atomic E-state index is 12.0. The van der Waals surface area contributed by atoms with Crippen LogP contribution in [0.5, 0.6) is 0 Å². The van der Waals surface area contributed by atoms with Crippen molar-refractivity contribution in [1.82, 2.24) is 10.2 Å². The lowest BCUT2D eigenvalue weighted by Crippen LogP contribution is -2.45. The van der Waals surface area contributed by atoms with E-state index in [9.17, 15) is 4.79 Å². The molecular formula is C16H23N3O3. The molecule has 2 aliphatic heterocycles. The summed E-state index contributed by atoms with van der Waals surface area (Å²) in [5.74, 6) is 0. The molecule has 0 aliphatic carbocycles. The molecule has 1 N–H and O–H groups in total. The highest BCUT2D eigenvalue weighted by Gasteiger charge is 2.16. The minimum Gasteiger partial charge on any atom is -0.378 e. The molecule has 2 aliphatic rings. The maximum absolute atomic E-state index is 12.0. The van der Waals surface area contributed by atoms with Gasteiger partial charge < -0.3 is 24.6 Å². The Kier molecular flexibility index (Phi) is 5.13. The number of benzene rings is 1. The van der Waals surface area contributed by atoms with Gasteiger partial charge in [-0.25, -0.2) is 4.79 Å². The molecule has 2 fully saturated rings. The highest BCUT2D eigenvalue weighted by molar-refractivity contribution is 5.74. The van der Waals surface area contributed by atoms with Gasteiger partial charge in [-0.1, -0.05) is 12.1 Å². The summed E-state index contributed by atoms with van der Waals surface area (Å²) in [6, 6.07) is 8.36. The van der Waals surface area contributed by atoms with Crippen LogP contribution in [-0.4, -0.2) is 63.5 Å². The SMILES string of the molecule is O=C(NCc1ccc(N2CCOCC2)cc1)N1CCOCC1. The Morgan fingerprint density at radius 3 is 2.18 bits per heavy atom. The predicted molar refractivity (Wildman–Crippen MR) is 84.1 cm³/mol. The number of ether oxygens (including phenoxy) is 2. The molecule has 22 heavy (non-hydrogen) atoms. The van der Waals surface area contributed by atoms with Crippen LogP contribution < -0.4 is 10.2 Å². The lowest BCUT2D eigenvalue weighted by atomic mass is 10.2. The van der Waals surface area contributed by atoms with E-state index in [1.165, 1.54) is 5.69 Å². The van der Waals surface area contributed by atoms with E-state index in [2.05, 4.69) is 34.5 Å². The van der Waals surface area contributed by atoms with Gasteiger partial charge >= 0.3 is 6.03 Å². The van der Waals surface area contributed by atoms with Crippen LogP contribution in [0.4, 0.5) is 10.5 Å². The second kappa shape index (κ2) is 7.47. The van der Waals surface area contributed by atoms with Gasteiger partial charge in [0.05, 0.1) is 26.4 Å². The van der Waals surface area contributed by atoms with Gasteiger partial charge in [0, 0.05) is 38.4 Å². The average molecular weight is 305 g/mol. The van der Waals surface area contributed by atoms with E-state index in [0.29, 0.717) is 32.8 Å². The van der Waals surface area contributed by atoms with E-state index >= 15 is 0 Å². The first kappa shape index (κ1) is 15.1. The Labute approximate surface area is 131 Å². The fraction of sp³-hybridized carbons (Fsp3) is 0.562. The molecule has 0 saturated carbocycles. The molecule has 0 radical (unpaired) electrons. The first-order valence-electron chi connectivity index (χ1n) is 7.85. The maximum Gasteiger partial charge on any atom is 0.317 e. The molecule has 1 aromatic carbocycles. The van der Waals surface area contributed by atoms with Crippen LogP contribution in [0.15, 0.2) is 24.3 Å². The standard InChI is InChI=1S/C16H23N3O3/c20-16(19-7-11-22-12-8-19)17-13-14-1-3-15(4-2-14)18-5-9-21-10-6-18/h1-4H,5-13H2,(H,17,20). The molecule has 0 aromatic heterocycles. The lowest BCUT2D eigenvalue weighted by Gasteiger charge is -2.29. The van der Waals surface area contributed by atoms with E-state index in [-0.39, 0.29) is 6.03 Å². The summed E-state index contributed by atoms with van der Waals surface area (Å²) < 4.78 is 10.6. The molecule has 0 spiro atoms. The van der Waals surface area contributed by atoms with Gasteiger partial charge in [-0.3, -0.25) is 0 Å². The third-order valence-corrected chi connectivity index (χ3v) is 4.05. The number of nitrogens with zero attached hydrogens (tertiary/aromatic N) is 2. The third-order valence-electron chi connectivity index (χ3n) is 4.05. The van der Waals surface area contributed by atoms with Gasteiger partial charge in [0.25, 0.3) is 0 Å². The van der Waals surface area contributed by atoms with Crippen LogP contribution in [0.25, 0.3) is 0 Å². The van der Waals surface area contributed by atoms with Crippen molar-refractivity contribution in [3.63, 3.8) is 0 Å². The summed E-state index contributed by atoms with van der Waals surface area (Å²) in [5.41, 5.74) is 2.32. The minimum absolute atomic E-state index is 0.0134. The van der Waals surface area contributed by atoms with Crippen molar-refractivity contribution < 1.29 is 14.3 Å². The largest absolute Gasteiger partial charge is 0.378 e. The number of morpholine rings is 2. The molecule has 2 amide bonds. The molecule has 6 nitrogen and oxygen atoms in total. The first-order chi connectivity index (χ1) is 10.8. The van der Waals surface area contributed by atoms with Gasteiger partial charge in [-0.15, -0.1) is 0 Å². The van der Waals surface area contributed by atoms with Crippen LogP contribution >= 0.6 is 0 Å². The molecule has 0 bridgehead atoms. The normalized spacial score (nSPS) is 19.1. The predicted octanol–water partition coefficient (Wildman–Crippen LogP) is 1.06. The summed E-state index contributed by atoms with van der Waals surface area (Å²) in [5, 5.41) is 2.97. The topological polar surface area (TPSA) is 54.0 Å². The Morgan fingerprint density at radius 2 is 1.55 bits per heavy atom. The van der Waals surface area contributed by atoms with Crippen molar-refractivity contribution in [2.24, 2.45) is 0 Å². The summed E-state index contributed by atoms with van der Waals surface area (Å²) >= 11 is 0. The van der Waals surface area contributed by atoms with Gasteiger partial charge in [0.15, 0.2) is 0 Å². The molecule has 3 rings (SSSR count). The van der Waals surface area contributed by atoms with Crippen LogP contribution in [0.1, 0.15) is 5.56 Å². The number of hydrogen-bond acceptors (Lipinski definition) is 4. The highest BCUT2D eigenvalue weighted by Crippen LogP contribution is 2.16. The van der Waals surface area contributed by atoms with Crippen molar-refractivity contribution in [2.45, 2.75) is 6.54 Å². The van der Waals surface area contributed by atoms with Crippen molar-refractivity contribution in [3.05, 3.63) is 29.8 Å². The van der Waals surface area contributed by atoms with E-state index in [4.69, 9.17) is 9.47 Å². The van der Waals surface area contributed by atoms with E-state index in [1.54, 1.807) is 4.90 Å². The number of carbonyl (C=O) groups excluding carboxylic acids is 1. The van der Waals surface area contributed by atoms with Crippen molar-refractivity contribution in [2.75, 3.05) is 57.5 Å². The second-order valence-electron chi connectivity index (χ2n) is 5.52. The second-order valence-corrected chi connectivity index (χ2v) is 5.52. The molecule has 1 aromatic rings. The number of urea groups is 1. The minimum atomic E-state index is -0.0134. The van der Waals surface area contributed by atoms with Crippen LogP contribution in [-0.2, 0) is 16.0 Å². The summed E-state index contributed by atoms with van der Waals surface area (Å²) in [6.07, 6.45) is 0. The number of rotatable bonds is 3. The molecule has 6 heteroatoms. The fourth-order valence-corrected chi connectivity index (χ4v) is 2.70. The monoisotopic (exact) mass is 305 g/mol. The highest BCUT2D eigenvalue weighted by atomic mass is 16.5. The molecule has 0 atom stereocenters. The lowest BCUT2D eigenvalue weighted by molar-refractivity contribution is 0.0531. The third kappa shape index (κ3) is 3.90. The van der Waals surface area contributed by atoms with E-state index in [0.717, 1.165) is 31.9 Å². The summed E-state index contributed by atoms with van der Waals surface area (Å²) in [7, 11) is 0. The van der Waals surface area contributed by atoms with Gasteiger partial charge in [-0.05, 0) is 17.7 Å². The molecule has 120 valence electrons. The van der Waals surface area contributed by atoms with E-state index in [1.807, 2.05) is 0 Å². The molecule has 0 unspecified atom stereocenters. The summed E-state index contributed by atoms with van der Waals surface area (Å²) in [4.78, 5) is 16.1. The zero-order valence-corrected chi connectivity index (χ0v) is 12.8. The van der Waals surface area contributed by atoms with Crippen LogP contribution in [0, 0.1) is 0 Å². The smallest absolute Gasteiger partial charge is 0.317 e. The molecule has 2 heterocycles. The number of nitrogens with one attached hydrogen (secondary N) is 1. The van der Waals surface area contributed by atoms with Crippen molar-refractivity contribution >= 4 is 11.7 Å². The first-order valence-corrected chi connectivity index (χ1v) is 7.85. The van der Waals surface area contributed by atoms with Crippen LogP contribution in [0.3, 0.4) is 0 Å².